The zero-order chi connectivity index (χ0) is 17.6. The van der Waals surface area contributed by atoms with Crippen molar-refractivity contribution in [3.63, 3.8) is 0 Å². The van der Waals surface area contributed by atoms with Crippen LogP contribution in [0.4, 0.5) is 17.1 Å². The van der Waals surface area contributed by atoms with Gasteiger partial charge >= 0.3 is 0 Å². The van der Waals surface area contributed by atoms with Gasteiger partial charge < -0.3 is 10.2 Å². The summed E-state index contributed by atoms with van der Waals surface area (Å²) in [5, 5.41) is 11.8. The summed E-state index contributed by atoms with van der Waals surface area (Å²) in [6, 6.07) is 22.3. The molecule has 0 radical (unpaired) electrons. The van der Waals surface area contributed by atoms with Gasteiger partial charge in [0.05, 0.1) is 23.1 Å². The number of carbonyl (C=O) groups excluding carboxylic acids is 1. The number of pyridine rings is 1. The van der Waals surface area contributed by atoms with E-state index >= 15 is 0 Å². The van der Waals surface area contributed by atoms with E-state index in [2.05, 4.69) is 16.4 Å². The summed E-state index contributed by atoms with van der Waals surface area (Å²) in [5.74, 6) is -0.350. The average Bonchev–Trinajstić information content (AvgIpc) is 2.68. The van der Waals surface area contributed by atoms with E-state index in [1.54, 1.807) is 36.5 Å². The standard InChI is InChI=1S/C20H16N4O/c1-24(16-8-3-2-4-9-16)17-11-12-19(22-14-17)20(25)23-18-10-6-5-7-15(18)13-21/h2-12,14H,1H3,(H,23,25). The number of nitrogens with zero attached hydrogens (tertiary/aromatic N) is 3. The van der Waals surface area contributed by atoms with Gasteiger partial charge in [0.2, 0.25) is 0 Å². The molecule has 0 spiro atoms. The van der Waals surface area contributed by atoms with Gasteiger partial charge in [0.15, 0.2) is 0 Å². The number of aromatic nitrogens is 1. The number of benzene rings is 2. The third-order valence-corrected chi connectivity index (χ3v) is 3.81. The van der Waals surface area contributed by atoms with Crippen molar-refractivity contribution in [2.75, 3.05) is 17.3 Å². The van der Waals surface area contributed by atoms with Crippen LogP contribution in [0.3, 0.4) is 0 Å². The smallest absolute Gasteiger partial charge is 0.274 e. The van der Waals surface area contributed by atoms with E-state index < -0.39 is 0 Å². The normalized spacial score (nSPS) is 9.92. The van der Waals surface area contributed by atoms with Crippen LogP contribution >= 0.6 is 0 Å². The number of nitrogens with one attached hydrogen (secondary N) is 1. The Balaban J connectivity index is 1.76. The molecule has 1 N–H and O–H groups in total. The summed E-state index contributed by atoms with van der Waals surface area (Å²) in [4.78, 5) is 18.6. The Kier molecular flexibility index (Phi) is 4.72. The maximum absolute atomic E-state index is 12.3. The van der Waals surface area contributed by atoms with E-state index in [9.17, 15) is 4.79 Å². The minimum atomic E-state index is -0.350. The summed E-state index contributed by atoms with van der Waals surface area (Å²) in [7, 11) is 1.94. The van der Waals surface area contributed by atoms with E-state index in [1.807, 2.05) is 48.3 Å². The van der Waals surface area contributed by atoms with Crippen LogP contribution in [-0.2, 0) is 0 Å². The van der Waals surface area contributed by atoms with Crippen LogP contribution in [0.5, 0.6) is 0 Å². The van der Waals surface area contributed by atoms with E-state index in [0.717, 1.165) is 11.4 Å². The van der Waals surface area contributed by atoms with Gasteiger partial charge in [-0.25, -0.2) is 4.98 Å². The van der Waals surface area contributed by atoms with Crippen molar-refractivity contribution in [1.29, 1.82) is 5.26 Å². The SMILES string of the molecule is CN(c1ccccc1)c1ccc(C(=O)Nc2ccccc2C#N)nc1. The molecular weight excluding hydrogens is 312 g/mol. The van der Waals surface area contributed by atoms with Crippen LogP contribution in [0.2, 0.25) is 0 Å². The molecule has 0 aliphatic rings. The van der Waals surface area contributed by atoms with Crippen LogP contribution < -0.4 is 10.2 Å². The molecule has 5 heteroatoms. The molecule has 1 aromatic heterocycles. The lowest BCUT2D eigenvalue weighted by Crippen LogP contribution is -2.15. The van der Waals surface area contributed by atoms with Crippen molar-refractivity contribution in [1.82, 2.24) is 4.98 Å². The zero-order valence-electron chi connectivity index (χ0n) is 13.7. The third kappa shape index (κ3) is 3.65. The maximum Gasteiger partial charge on any atom is 0.274 e. The quantitative estimate of drug-likeness (QED) is 0.786. The molecule has 0 aliphatic heterocycles. The highest BCUT2D eigenvalue weighted by atomic mass is 16.1. The Bertz CT molecular complexity index is 914. The number of anilines is 3. The minimum Gasteiger partial charge on any atom is -0.343 e. The van der Waals surface area contributed by atoms with Crippen LogP contribution in [-0.4, -0.2) is 17.9 Å². The number of nitriles is 1. The molecule has 0 unspecified atom stereocenters. The molecule has 0 saturated heterocycles. The Morgan fingerprint density at radius 3 is 2.40 bits per heavy atom. The minimum absolute atomic E-state index is 0.290. The fourth-order valence-corrected chi connectivity index (χ4v) is 2.40. The Morgan fingerprint density at radius 2 is 1.72 bits per heavy atom. The van der Waals surface area contributed by atoms with Crippen LogP contribution in [0.1, 0.15) is 16.1 Å². The summed E-state index contributed by atoms with van der Waals surface area (Å²) in [5.41, 5.74) is 3.08. The molecular formula is C20H16N4O. The van der Waals surface area contributed by atoms with E-state index in [0.29, 0.717) is 11.3 Å². The molecule has 25 heavy (non-hydrogen) atoms. The highest BCUT2D eigenvalue weighted by molar-refractivity contribution is 6.03. The van der Waals surface area contributed by atoms with Gasteiger partial charge in [0.25, 0.3) is 5.91 Å². The molecule has 122 valence electrons. The summed E-state index contributed by atoms with van der Waals surface area (Å²) < 4.78 is 0. The van der Waals surface area contributed by atoms with Crippen molar-refractivity contribution >= 4 is 23.0 Å². The third-order valence-electron chi connectivity index (χ3n) is 3.81. The molecule has 0 bridgehead atoms. The van der Waals surface area contributed by atoms with E-state index in [1.165, 1.54) is 0 Å². The molecule has 0 atom stereocenters. The lowest BCUT2D eigenvalue weighted by Gasteiger charge is -2.19. The fourth-order valence-electron chi connectivity index (χ4n) is 2.40. The predicted molar refractivity (Wildman–Crippen MR) is 97.9 cm³/mol. The highest BCUT2D eigenvalue weighted by Crippen LogP contribution is 2.22. The Morgan fingerprint density at radius 1 is 1.00 bits per heavy atom. The van der Waals surface area contributed by atoms with Gasteiger partial charge in [0, 0.05) is 12.7 Å². The molecule has 1 heterocycles. The van der Waals surface area contributed by atoms with Crippen LogP contribution in [0, 0.1) is 11.3 Å². The van der Waals surface area contributed by atoms with Crippen molar-refractivity contribution < 1.29 is 4.79 Å². The van der Waals surface area contributed by atoms with E-state index in [4.69, 9.17) is 5.26 Å². The molecule has 1 amide bonds. The molecule has 3 rings (SSSR count). The summed E-state index contributed by atoms with van der Waals surface area (Å²) >= 11 is 0. The number of hydrogen-bond acceptors (Lipinski definition) is 4. The first kappa shape index (κ1) is 16.2. The fraction of sp³-hybridized carbons (Fsp3) is 0.0500. The van der Waals surface area contributed by atoms with Crippen LogP contribution in [0.25, 0.3) is 0 Å². The first-order valence-electron chi connectivity index (χ1n) is 7.74. The van der Waals surface area contributed by atoms with Crippen LogP contribution in [0.15, 0.2) is 72.9 Å². The second-order valence-electron chi connectivity index (χ2n) is 5.41. The molecule has 0 aliphatic carbocycles. The lowest BCUT2D eigenvalue weighted by atomic mass is 10.2. The highest BCUT2D eigenvalue weighted by Gasteiger charge is 2.11. The lowest BCUT2D eigenvalue weighted by molar-refractivity contribution is 0.102. The van der Waals surface area contributed by atoms with Crippen molar-refractivity contribution in [3.05, 3.63) is 84.2 Å². The molecule has 5 nitrogen and oxygen atoms in total. The second kappa shape index (κ2) is 7.28. The Hall–Kier alpha value is -3.65. The van der Waals surface area contributed by atoms with Gasteiger partial charge in [-0.3, -0.25) is 4.79 Å². The predicted octanol–water partition coefficient (Wildman–Crippen LogP) is 3.97. The number of hydrogen-bond donors (Lipinski definition) is 1. The van der Waals surface area contributed by atoms with Crippen molar-refractivity contribution in [2.24, 2.45) is 0 Å². The second-order valence-corrected chi connectivity index (χ2v) is 5.41. The summed E-state index contributed by atoms with van der Waals surface area (Å²) in [6.07, 6.45) is 1.65. The molecule has 2 aromatic carbocycles. The average molecular weight is 328 g/mol. The van der Waals surface area contributed by atoms with Gasteiger partial charge in [-0.15, -0.1) is 0 Å². The molecule has 3 aromatic rings. The van der Waals surface area contributed by atoms with Gasteiger partial charge in [0.1, 0.15) is 11.8 Å². The number of para-hydroxylation sites is 2. The molecule has 0 fully saturated rings. The van der Waals surface area contributed by atoms with Crippen molar-refractivity contribution in [2.45, 2.75) is 0 Å². The maximum atomic E-state index is 12.3. The topological polar surface area (TPSA) is 69.0 Å². The van der Waals surface area contributed by atoms with E-state index in [-0.39, 0.29) is 11.6 Å². The number of carbonyl (C=O) groups is 1. The number of rotatable bonds is 4. The Labute approximate surface area is 146 Å². The van der Waals surface area contributed by atoms with Gasteiger partial charge in [-0.1, -0.05) is 30.3 Å². The molecule has 0 saturated carbocycles. The largest absolute Gasteiger partial charge is 0.343 e. The number of amides is 1. The first-order valence-corrected chi connectivity index (χ1v) is 7.74. The monoisotopic (exact) mass is 328 g/mol. The first-order chi connectivity index (χ1) is 12.2. The van der Waals surface area contributed by atoms with Crippen molar-refractivity contribution in [3.8, 4) is 6.07 Å². The zero-order valence-corrected chi connectivity index (χ0v) is 13.7. The van der Waals surface area contributed by atoms with Gasteiger partial charge in [-0.05, 0) is 36.4 Å². The summed E-state index contributed by atoms with van der Waals surface area (Å²) in [6.45, 7) is 0. The van der Waals surface area contributed by atoms with Gasteiger partial charge in [-0.2, -0.15) is 5.26 Å².